The Morgan fingerprint density at radius 1 is 0.667 bits per heavy atom. The summed E-state index contributed by atoms with van der Waals surface area (Å²) < 4.78 is 48.7. The molecule has 0 saturated carbocycles. The molecule has 4 unspecified atom stereocenters. The predicted molar refractivity (Wildman–Crippen MR) is 156 cm³/mol. The molecule has 0 rings (SSSR count). The molecule has 15 heteroatoms. The molecule has 42 heavy (non-hydrogen) atoms. The quantitative estimate of drug-likeness (QED) is 0.0785. The summed E-state index contributed by atoms with van der Waals surface area (Å²) in [6.45, 7) is 14.0. The van der Waals surface area contributed by atoms with E-state index in [1.54, 1.807) is 55.9 Å². The summed E-state index contributed by atoms with van der Waals surface area (Å²) in [5.74, 6) is -0.339. The van der Waals surface area contributed by atoms with Gasteiger partial charge >= 0.3 is 27.0 Å². The van der Waals surface area contributed by atoms with Crippen molar-refractivity contribution in [3.8, 4) is 0 Å². The number of nitrogens with one attached hydrogen (secondary N) is 2. The molecule has 14 nitrogen and oxygen atoms in total. The second-order valence-electron chi connectivity index (χ2n) is 10.9. The molecule has 0 radical (unpaired) electrons. The number of hydrogen-bond donors (Lipinski definition) is 2. The number of rotatable bonds is 22. The molecule has 0 aliphatic carbocycles. The van der Waals surface area contributed by atoms with Crippen molar-refractivity contribution in [3.05, 3.63) is 0 Å². The summed E-state index contributed by atoms with van der Waals surface area (Å²) in [7, 11) is 1.99. The van der Waals surface area contributed by atoms with Crippen molar-refractivity contribution in [2.24, 2.45) is 5.41 Å². The standard InChI is InChI=1S/C27H54N2O12Si/c1-20(16-38-22(3)18-40-25(31)28-12-11-15-42(33-8,34-9)35-10)37-17-21(2)39-19-23(4)41-26(32)29-13-14-36-24(30)27(5,6)7/h20-23H,11-19H2,1-10H3,(H,28,31)(H,29,32). The molecule has 0 bridgehead atoms. The van der Waals surface area contributed by atoms with Crippen molar-refractivity contribution >= 4 is 27.0 Å². The van der Waals surface area contributed by atoms with Crippen LogP contribution in [0.4, 0.5) is 9.59 Å². The van der Waals surface area contributed by atoms with Crippen LogP contribution < -0.4 is 10.6 Å². The Balaban J connectivity index is 3.96. The minimum Gasteiger partial charge on any atom is -0.463 e. The maximum atomic E-state index is 11.9. The maximum Gasteiger partial charge on any atom is 0.500 e. The molecule has 2 amide bonds. The Bertz CT molecular complexity index is 756. The van der Waals surface area contributed by atoms with Gasteiger partial charge in [0.1, 0.15) is 19.3 Å². The van der Waals surface area contributed by atoms with E-state index in [9.17, 15) is 14.4 Å². The molecule has 0 aliphatic heterocycles. The second-order valence-corrected chi connectivity index (χ2v) is 14.0. The third kappa shape index (κ3) is 19.2. The smallest absolute Gasteiger partial charge is 0.463 e. The monoisotopic (exact) mass is 626 g/mol. The van der Waals surface area contributed by atoms with Crippen LogP contribution >= 0.6 is 0 Å². The van der Waals surface area contributed by atoms with Crippen LogP contribution in [0.15, 0.2) is 0 Å². The Morgan fingerprint density at radius 3 is 1.64 bits per heavy atom. The van der Waals surface area contributed by atoms with Gasteiger partial charge < -0.3 is 52.3 Å². The first-order valence-electron chi connectivity index (χ1n) is 14.2. The highest BCUT2D eigenvalue weighted by atomic mass is 28.4. The van der Waals surface area contributed by atoms with Gasteiger partial charge in [0.15, 0.2) is 0 Å². The van der Waals surface area contributed by atoms with Gasteiger partial charge in [-0.1, -0.05) is 0 Å². The highest BCUT2D eigenvalue weighted by molar-refractivity contribution is 6.60. The van der Waals surface area contributed by atoms with Crippen LogP contribution in [-0.2, 0) is 46.5 Å². The van der Waals surface area contributed by atoms with Gasteiger partial charge in [-0.15, -0.1) is 0 Å². The van der Waals surface area contributed by atoms with E-state index in [1.165, 1.54) is 0 Å². The summed E-state index contributed by atoms with van der Waals surface area (Å²) >= 11 is 0. The first-order valence-corrected chi connectivity index (χ1v) is 16.1. The Hall–Kier alpha value is -2.01. The van der Waals surface area contributed by atoms with Crippen molar-refractivity contribution in [1.82, 2.24) is 10.6 Å². The van der Waals surface area contributed by atoms with Crippen LogP contribution in [0, 0.1) is 5.41 Å². The molecular formula is C27H54N2O12Si. The molecule has 0 fully saturated rings. The lowest BCUT2D eigenvalue weighted by atomic mass is 9.97. The number of hydrogen-bond acceptors (Lipinski definition) is 12. The third-order valence-electron chi connectivity index (χ3n) is 5.68. The summed E-state index contributed by atoms with van der Waals surface area (Å²) in [4.78, 5) is 35.5. The minimum atomic E-state index is -2.65. The van der Waals surface area contributed by atoms with Gasteiger partial charge in [-0.25, -0.2) is 9.59 Å². The molecule has 0 aliphatic rings. The highest BCUT2D eigenvalue weighted by Gasteiger charge is 2.36. The number of alkyl carbamates (subject to hydrolysis) is 2. The van der Waals surface area contributed by atoms with E-state index in [-0.39, 0.29) is 50.6 Å². The fraction of sp³-hybridized carbons (Fsp3) is 0.889. The lowest BCUT2D eigenvalue weighted by Gasteiger charge is -2.24. The molecule has 2 N–H and O–H groups in total. The van der Waals surface area contributed by atoms with Crippen LogP contribution in [0.2, 0.25) is 6.04 Å². The highest BCUT2D eigenvalue weighted by Crippen LogP contribution is 2.15. The van der Waals surface area contributed by atoms with Gasteiger partial charge in [-0.05, 0) is 54.9 Å². The number of amides is 2. The number of carbonyl (C=O) groups is 3. The van der Waals surface area contributed by atoms with Crippen LogP contribution in [0.5, 0.6) is 0 Å². The first-order chi connectivity index (χ1) is 19.7. The summed E-state index contributed by atoms with van der Waals surface area (Å²) in [5, 5.41) is 5.22. The van der Waals surface area contributed by atoms with E-state index in [1.807, 2.05) is 13.8 Å². The first kappa shape index (κ1) is 40.0. The van der Waals surface area contributed by atoms with Gasteiger partial charge in [-0.2, -0.15) is 0 Å². The fourth-order valence-corrected chi connectivity index (χ4v) is 4.83. The van der Waals surface area contributed by atoms with Crippen LogP contribution in [-0.4, -0.2) is 119 Å². The summed E-state index contributed by atoms with van der Waals surface area (Å²) in [6.07, 6.45) is -1.79. The number of esters is 1. The normalized spacial score (nSPS) is 14.8. The van der Waals surface area contributed by atoms with E-state index in [2.05, 4.69) is 10.6 Å². The summed E-state index contributed by atoms with van der Waals surface area (Å²) in [6, 6.07) is 0.570. The predicted octanol–water partition coefficient (Wildman–Crippen LogP) is 2.90. The molecule has 0 aromatic rings. The summed E-state index contributed by atoms with van der Waals surface area (Å²) in [5.41, 5.74) is -0.596. The van der Waals surface area contributed by atoms with Crippen molar-refractivity contribution in [1.29, 1.82) is 0 Å². The van der Waals surface area contributed by atoms with E-state index in [0.29, 0.717) is 32.2 Å². The largest absolute Gasteiger partial charge is 0.500 e. The minimum absolute atomic E-state index is 0.0656. The topological polar surface area (TPSA) is 158 Å². The molecule has 0 spiro atoms. The molecule has 0 aromatic carbocycles. The lowest BCUT2D eigenvalue weighted by Crippen LogP contribution is -2.43. The number of carbonyl (C=O) groups excluding carboxylic acids is 3. The second kappa shape index (κ2) is 21.6. The van der Waals surface area contributed by atoms with Gasteiger partial charge in [0, 0.05) is 33.9 Å². The van der Waals surface area contributed by atoms with Crippen LogP contribution in [0.25, 0.3) is 0 Å². The van der Waals surface area contributed by atoms with Gasteiger partial charge in [0.2, 0.25) is 0 Å². The average molecular weight is 627 g/mol. The van der Waals surface area contributed by atoms with Crippen LogP contribution in [0.3, 0.4) is 0 Å². The zero-order valence-corrected chi connectivity index (χ0v) is 28.1. The van der Waals surface area contributed by atoms with E-state index >= 15 is 0 Å². The Kier molecular flexibility index (Phi) is 20.6. The van der Waals surface area contributed by atoms with E-state index < -0.39 is 32.5 Å². The van der Waals surface area contributed by atoms with E-state index in [4.69, 9.17) is 41.7 Å². The molecule has 248 valence electrons. The number of ether oxygens (including phenoxy) is 6. The van der Waals surface area contributed by atoms with Crippen molar-refractivity contribution < 1.29 is 56.1 Å². The Morgan fingerprint density at radius 2 is 1.14 bits per heavy atom. The van der Waals surface area contributed by atoms with Crippen LogP contribution in [0.1, 0.15) is 54.9 Å². The molecule has 0 saturated heterocycles. The fourth-order valence-electron chi connectivity index (χ4n) is 3.11. The average Bonchev–Trinajstić information content (AvgIpc) is 2.94. The Labute approximate surface area is 252 Å². The third-order valence-corrected chi connectivity index (χ3v) is 8.51. The van der Waals surface area contributed by atoms with Gasteiger partial charge in [-0.3, -0.25) is 4.79 Å². The molecule has 4 atom stereocenters. The molecule has 0 heterocycles. The zero-order chi connectivity index (χ0) is 32.2. The maximum absolute atomic E-state index is 11.9. The SMILES string of the molecule is CO[Si](CCCNC(=O)OCC(C)OCC(C)OCC(C)OCC(C)OC(=O)NCCOC(=O)C(C)(C)C)(OC)OC. The van der Waals surface area contributed by atoms with E-state index in [0.717, 1.165) is 0 Å². The van der Waals surface area contributed by atoms with Crippen molar-refractivity contribution in [3.63, 3.8) is 0 Å². The van der Waals surface area contributed by atoms with Crippen molar-refractivity contribution in [2.75, 3.05) is 67.5 Å². The lowest BCUT2D eigenvalue weighted by molar-refractivity contribution is -0.152. The zero-order valence-electron chi connectivity index (χ0n) is 27.1. The van der Waals surface area contributed by atoms with Crippen molar-refractivity contribution in [2.45, 2.75) is 85.3 Å². The van der Waals surface area contributed by atoms with Gasteiger partial charge in [0.25, 0.3) is 0 Å². The molecular weight excluding hydrogens is 572 g/mol. The molecule has 0 aromatic heterocycles. The van der Waals surface area contributed by atoms with Gasteiger partial charge in [0.05, 0.1) is 50.1 Å².